The maximum absolute atomic E-state index is 11.3. The van der Waals surface area contributed by atoms with Crippen molar-refractivity contribution in [3.05, 3.63) is 24.3 Å². The van der Waals surface area contributed by atoms with Crippen LogP contribution in [0, 0.1) is 5.92 Å². The molecule has 1 N–H and O–H groups in total. The van der Waals surface area contributed by atoms with Gasteiger partial charge in [0.2, 0.25) is 11.8 Å². The van der Waals surface area contributed by atoms with Crippen LogP contribution < -0.4 is 5.32 Å². The summed E-state index contributed by atoms with van der Waals surface area (Å²) in [6, 6.07) is 0. The van der Waals surface area contributed by atoms with Crippen molar-refractivity contribution in [1.82, 2.24) is 5.32 Å². The third-order valence-corrected chi connectivity index (χ3v) is 3.19. The fourth-order valence-corrected chi connectivity index (χ4v) is 2.01. The van der Waals surface area contributed by atoms with Crippen LogP contribution in [0.15, 0.2) is 24.3 Å². The number of imide groups is 1. The van der Waals surface area contributed by atoms with Gasteiger partial charge in [0.05, 0.1) is 5.92 Å². The number of nitrogens with one attached hydrogen (secondary N) is 1. The highest BCUT2D eigenvalue weighted by Crippen LogP contribution is 2.37. The second kappa shape index (κ2) is 2.29. The zero-order valence-electron chi connectivity index (χ0n) is 6.08. The van der Waals surface area contributed by atoms with Crippen LogP contribution in [-0.2, 0) is 9.59 Å². The van der Waals surface area contributed by atoms with Gasteiger partial charge in [-0.2, -0.15) is 0 Å². The van der Waals surface area contributed by atoms with Crippen molar-refractivity contribution in [2.45, 2.75) is 4.32 Å². The minimum absolute atomic E-state index is 0.238. The molecule has 2 unspecified atom stereocenters. The van der Waals surface area contributed by atoms with Gasteiger partial charge in [-0.25, -0.2) is 0 Å². The predicted molar refractivity (Wildman–Crippen MR) is 46.6 cm³/mol. The van der Waals surface area contributed by atoms with Crippen LogP contribution >= 0.6 is 15.9 Å². The largest absolute Gasteiger partial charge is 0.294 e. The number of allylic oxidation sites excluding steroid dienone is 2. The van der Waals surface area contributed by atoms with Gasteiger partial charge in [0.15, 0.2) is 0 Å². The van der Waals surface area contributed by atoms with Crippen LogP contribution in [0.2, 0.25) is 0 Å². The molecule has 2 rings (SSSR count). The number of carbonyl (C=O) groups excluding carboxylic acids is 2. The molecular formula is C8H6BrNO2. The lowest BCUT2D eigenvalue weighted by Gasteiger charge is -2.20. The van der Waals surface area contributed by atoms with Crippen LogP contribution in [0.5, 0.6) is 0 Å². The van der Waals surface area contributed by atoms with Gasteiger partial charge in [0.1, 0.15) is 4.32 Å². The van der Waals surface area contributed by atoms with Crippen LogP contribution in [0.25, 0.3) is 0 Å². The smallest absolute Gasteiger partial charge is 0.248 e. The molecule has 0 aromatic heterocycles. The molecule has 0 aromatic rings. The SMILES string of the molecule is O=C1NC(=O)C2(Br)C=CC=CC12. The van der Waals surface area contributed by atoms with Crippen molar-refractivity contribution in [3.8, 4) is 0 Å². The predicted octanol–water partition coefficient (Wildman–Crippen LogP) is 0.519. The highest BCUT2D eigenvalue weighted by Gasteiger charge is 2.51. The summed E-state index contributed by atoms with van der Waals surface area (Å²) in [5, 5.41) is 2.27. The quantitative estimate of drug-likeness (QED) is 0.485. The molecule has 3 nitrogen and oxygen atoms in total. The first-order valence-corrected chi connectivity index (χ1v) is 4.34. The Bertz CT molecular complexity index is 321. The first-order chi connectivity index (χ1) is 5.64. The van der Waals surface area contributed by atoms with Crippen molar-refractivity contribution in [2.75, 3.05) is 0 Å². The van der Waals surface area contributed by atoms with E-state index in [1.54, 1.807) is 24.3 Å². The molecule has 0 saturated carbocycles. The standard InChI is InChI=1S/C8H6BrNO2/c9-8-4-2-1-3-5(8)6(11)10-7(8)12/h1-5H,(H,10,11,12). The fraction of sp³-hybridized carbons (Fsp3) is 0.250. The average Bonchev–Trinajstić information content (AvgIpc) is 2.25. The molecule has 0 aromatic carbocycles. The number of hydrogen-bond donors (Lipinski definition) is 1. The van der Waals surface area contributed by atoms with Gasteiger partial charge in [0.25, 0.3) is 0 Å². The van der Waals surface area contributed by atoms with Crippen molar-refractivity contribution in [1.29, 1.82) is 0 Å². The van der Waals surface area contributed by atoms with Crippen molar-refractivity contribution >= 4 is 27.7 Å². The maximum Gasteiger partial charge on any atom is 0.248 e. The Balaban J connectivity index is 2.49. The minimum Gasteiger partial charge on any atom is -0.294 e. The summed E-state index contributed by atoms with van der Waals surface area (Å²) in [5.74, 6) is -0.912. The molecule has 1 aliphatic heterocycles. The summed E-state index contributed by atoms with van der Waals surface area (Å²) in [6.07, 6.45) is 6.93. The Hall–Kier alpha value is -0.900. The summed E-state index contributed by atoms with van der Waals surface area (Å²) in [5.41, 5.74) is 0. The summed E-state index contributed by atoms with van der Waals surface area (Å²) < 4.78 is -0.834. The van der Waals surface area contributed by atoms with Gasteiger partial charge >= 0.3 is 0 Å². The minimum atomic E-state index is -0.834. The van der Waals surface area contributed by atoms with Crippen molar-refractivity contribution in [2.24, 2.45) is 5.92 Å². The third-order valence-electron chi connectivity index (χ3n) is 2.07. The number of rotatable bonds is 0. The van der Waals surface area contributed by atoms with E-state index < -0.39 is 10.2 Å². The summed E-state index contributed by atoms with van der Waals surface area (Å²) in [6.45, 7) is 0. The second-order valence-corrected chi connectivity index (χ2v) is 4.12. The van der Waals surface area contributed by atoms with E-state index in [0.29, 0.717) is 0 Å². The lowest BCUT2D eigenvalue weighted by atomic mass is 9.91. The van der Waals surface area contributed by atoms with Crippen LogP contribution in [-0.4, -0.2) is 16.1 Å². The monoisotopic (exact) mass is 227 g/mol. The molecule has 1 aliphatic carbocycles. The molecule has 12 heavy (non-hydrogen) atoms. The van der Waals surface area contributed by atoms with Crippen molar-refractivity contribution < 1.29 is 9.59 Å². The number of amides is 2. The normalized spacial score (nSPS) is 38.2. The van der Waals surface area contributed by atoms with E-state index in [1.807, 2.05) is 0 Å². The molecule has 1 heterocycles. The van der Waals surface area contributed by atoms with Gasteiger partial charge < -0.3 is 0 Å². The molecule has 0 radical (unpaired) electrons. The number of hydrogen-bond acceptors (Lipinski definition) is 2. The molecule has 1 saturated heterocycles. The summed E-state index contributed by atoms with van der Waals surface area (Å²) in [4.78, 5) is 22.5. The second-order valence-electron chi connectivity index (χ2n) is 2.81. The Morgan fingerprint density at radius 1 is 1.42 bits per heavy atom. The topological polar surface area (TPSA) is 46.2 Å². The lowest BCUT2D eigenvalue weighted by molar-refractivity contribution is -0.125. The lowest BCUT2D eigenvalue weighted by Crippen LogP contribution is -2.34. The number of carbonyl (C=O) groups is 2. The van der Waals surface area contributed by atoms with E-state index in [4.69, 9.17) is 0 Å². The van der Waals surface area contributed by atoms with Crippen LogP contribution in [0.3, 0.4) is 0 Å². The number of halogens is 1. The van der Waals surface area contributed by atoms with E-state index in [9.17, 15) is 9.59 Å². The van der Waals surface area contributed by atoms with Crippen LogP contribution in [0.1, 0.15) is 0 Å². The fourth-order valence-electron chi connectivity index (χ4n) is 1.40. The third kappa shape index (κ3) is 0.813. The molecule has 1 fully saturated rings. The zero-order valence-corrected chi connectivity index (χ0v) is 7.67. The van der Waals surface area contributed by atoms with Gasteiger partial charge in [0, 0.05) is 0 Å². The van der Waals surface area contributed by atoms with E-state index in [-0.39, 0.29) is 11.8 Å². The molecule has 0 spiro atoms. The highest BCUT2D eigenvalue weighted by molar-refractivity contribution is 9.10. The van der Waals surface area contributed by atoms with Gasteiger partial charge in [-0.1, -0.05) is 40.2 Å². The van der Waals surface area contributed by atoms with Gasteiger partial charge in [-0.3, -0.25) is 14.9 Å². The van der Waals surface area contributed by atoms with E-state index in [2.05, 4.69) is 21.2 Å². The Morgan fingerprint density at radius 2 is 2.17 bits per heavy atom. The first kappa shape index (κ1) is 7.73. The molecular weight excluding hydrogens is 222 g/mol. The molecule has 0 bridgehead atoms. The summed E-state index contributed by atoms with van der Waals surface area (Å²) in [7, 11) is 0. The van der Waals surface area contributed by atoms with E-state index in [0.717, 1.165) is 0 Å². The van der Waals surface area contributed by atoms with Crippen LogP contribution in [0.4, 0.5) is 0 Å². The van der Waals surface area contributed by atoms with Gasteiger partial charge in [-0.05, 0) is 0 Å². The molecule has 2 aliphatic rings. The Labute approximate surface area is 77.6 Å². The maximum atomic E-state index is 11.3. The Kier molecular flexibility index (Phi) is 1.48. The Morgan fingerprint density at radius 3 is 2.83 bits per heavy atom. The zero-order chi connectivity index (χ0) is 8.77. The van der Waals surface area contributed by atoms with E-state index >= 15 is 0 Å². The highest BCUT2D eigenvalue weighted by atomic mass is 79.9. The van der Waals surface area contributed by atoms with E-state index in [1.165, 1.54) is 0 Å². The van der Waals surface area contributed by atoms with Crippen molar-refractivity contribution in [3.63, 3.8) is 0 Å². The first-order valence-electron chi connectivity index (χ1n) is 3.55. The molecule has 2 atom stereocenters. The molecule has 2 amide bonds. The average molecular weight is 228 g/mol. The number of alkyl halides is 1. The molecule has 62 valence electrons. The number of fused-ring (bicyclic) bond motifs is 1. The molecule has 4 heteroatoms. The summed E-state index contributed by atoms with van der Waals surface area (Å²) >= 11 is 3.26. The van der Waals surface area contributed by atoms with Gasteiger partial charge in [-0.15, -0.1) is 0 Å².